The molecule has 0 spiro atoms. The van der Waals surface area contributed by atoms with Crippen molar-refractivity contribution in [3.05, 3.63) is 47.7 Å². The molecule has 1 fully saturated rings. The first-order valence-electron chi connectivity index (χ1n) is 8.42. The lowest BCUT2D eigenvalue weighted by molar-refractivity contribution is -0.112. The van der Waals surface area contributed by atoms with Gasteiger partial charge in [0.1, 0.15) is 5.75 Å². The van der Waals surface area contributed by atoms with E-state index >= 15 is 0 Å². The number of anilines is 1. The summed E-state index contributed by atoms with van der Waals surface area (Å²) in [5.74, 6) is -0.0577. The minimum atomic E-state index is -3.77. The summed E-state index contributed by atoms with van der Waals surface area (Å²) in [5.41, 5.74) is -1.51. The molecule has 4 nitrogen and oxygen atoms in total. The van der Waals surface area contributed by atoms with Gasteiger partial charge in [0.2, 0.25) is 0 Å². The van der Waals surface area contributed by atoms with E-state index in [-0.39, 0.29) is 21.9 Å². The van der Waals surface area contributed by atoms with Crippen LogP contribution in [-0.2, 0) is 4.79 Å². The Balaban J connectivity index is 1.73. The van der Waals surface area contributed by atoms with Gasteiger partial charge in [0.25, 0.3) is 5.91 Å². The Morgan fingerprint density at radius 3 is 2.59 bits per heavy atom. The molecule has 8 heteroatoms. The zero-order valence-electron chi connectivity index (χ0n) is 15.1. The molecule has 2 unspecified atom stereocenters. The monoisotopic (exact) mass is 460 g/mol. The van der Waals surface area contributed by atoms with Crippen LogP contribution in [0.1, 0.15) is 13.8 Å². The third kappa shape index (κ3) is 4.46. The van der Waals surface area contributed by atoms with Crippen molar-refractivity contribution in [1.82, 2.24) is 4.90 Å². The van der Waals surface area contributed by atoms with Gasteiger partial charge in [-0.25, -0.2) is 0 Å². The van der Waals surface area contributed by atoms with E-state index in [9.17, 15) is 13.6 Å². The van der Waals surface area contributed by atoms with Gasteiger partial charge < -0.3 is 15.0 Å². The quantitative estimate of drug-likeness (QED) is 0.644. The molecule has 1 aromatic rings. The molecule has 1 aromatic carbocycles. The van der Waals surface area contributed by atoms with Gasteiger partial charge in [-0.2, -0.15) is 0 Å². The van der Waals surface area contributed by atoms with Gasteiger partial charge in [-0.15, -0.1) is 8.78 Å². The summed E-state index contributed by atoms with van der Waals surface area (Å²) in [6.45, 7) is 5.35. The Labute approximate surface area is 170 Å². The lowest BCUT2D eigenvalue weighted by Crippen LogP contribution is -2.30. The van der Waals surface area contributed by atoms with Crippen molar-refractivity contribution in [2.75, 3.05) is 18.9 Å². The van der Waals surface area contributed by atoms with E-state index in [1.807, 2.05) is 19.2 Å². The van der Waals surface area contributed by atoms with Crippen LogP contribution < -0.4 is 10.1 Å². The van der Waals surface area contributed by atoms with E-state index < -0.39 is 5.57 Å². The zero-order chi connectivity index (χ0) is 20.0. The molecule has 0 bridgehead atoms. The Hall–Kier alpha value is -1.60. The Bertz CT molecular complexity index is 803. The Kier molecular flexibility index (Phi) is 5.29. The average molecular weight is 462 g/mol. The van der Waals surface area contributed by atoms with Crippen LogP contribution in [0.5, 0.6) is 5.75 Å². The number of ether oxygens (including phenoxy) is 1. The molecule has 0 aromatic heterocycles. The highest BCUT2D eigenvalue weighted by molar-refractivity contribution is 9.09. The molecule has 1 heterocycles. The number of rotatable bonds is 4. The SMILES string of the molecule is CN1CC(C)(C)C2C1=CC(C(=O)Nc1ccc(OC(F)(F)Cl)cc1)=CC2Br. The molecule has 1 N–H and O–H groups in total. The number of nitrogens with zero attached hydrogens (tertiary/aromatic N) is 1. The molecule has 1 aliphatic carbocycles. The Morgan fingerprint density at radius 2 is 2.00 bits per heavy atom. The van der Waals surface area contributed by atoms with Crippen LogP contribution in [0.2, 0.25) is 0 Å². The molecule has 27 heavy (non-hydrogen) atoms. The highest BCUT2D eigenvalue weighted by Crippen LogP contribution is 2.48. The normalized spacial score (nSPS) is 24.0. The minimum absolute atomic E-state index is 0.0555. The second kappa shape index (κ2) is 7.09. The number of carbonyl (C=O) groups is 1. The summed E-state index contributed by atoms with van der Waals surface area (Å²) in [6.07, 6.45) is 3.83. The summed E-state index contributed by atoms with van der Waals surface area (Å²) in [5, 5.41) is 2.77. The smallest absolute Gasteiger partial charge is 0.420 e. The van der Waals surface area contributed by atoms with E-state index in [0.29, 0.717) is 17.2 Å². The van der Waals surface area contributed by atoms with Gasteiger partial charge in [0.15, 0.2) is 0 Å². The summed E-state index contributed by atoms with van der Waals surface area (Å²) in [4.78, 5) is 14.9. The second-order valence-electron chi connectivity index (χ2n) is 7.48. The molecular formula is C19H20BrClF2N2O2. The fourth-order valence-electron chi connectivity index (χ4n) is 3.79. The Morgan fingerprint density at radius 1 is 1.37 bits per heavy atom. The molecule has 146 valence electrons. The highest BCUT2D eigenvalue weighted by Gasteiger charge is 2.46. The lowest BCUT2D eigenvalue weighted by atomic mass is 9.76. The van der Waals surface area contributed by atoms with Crippen molar-refractivity contribution in [1.29, 1.82) is 0 Å². The van der Waals surface area contributed by atoms with Crippen LogP contribution in [0.3, 0.4) is 0 Å². The topological polar surface area (TPSA) is 41.6 Å². The van der Waals surface area contributed by atoms with Gasteiger partial charge >= 0.3 is 5.57 Å². The van der Waals surface area contributed by atoms with Crippen LogP contribution in [0, 0.1) is 11.3 Å². The summed E-state index contributed by atoms with van der Waals surface area (Å²) in [6, 6.07) is 5.59. The zero-order valence-corrected chi connectivity index (χ0v) is 17.4. The van der Waals surface area contributed by atoms with Gasteiger partial charge in [-0.05, 0) is 35.8 Å². The maximum Gasteiger partial charge on any atom is 0.487 e. The molecule has 0 radical (unpaired) electrons. The van der Waals surface area contributed by atoms with E-state index in [1.54, 1.807) is 0 Å². The summed E-state index contributed by atoms with van der Waals surface area (Å²) >= 11 is 8.44. The molecule has 1 saturated heterocycles. The van der Waals surface area contributed by atoms with Crippen LogP contribution in [0.15, 0.2) is 47.7 Å². The molecular weight excluding hydrogens is 442 g/mol. The number of amides is 1. The molecule has 1 aliphatic heterocycles. The molecule has 3 rings (SSSR count). The maximum absolute atomic E-state index is 12.6. The largest absolute Gasteiger partial charge is 0.487 e. The number of hydrogen-bond acceptors (Lipinski definition) is 3. The highest BCUT2D eigenvalue weighted by atomic mass is 79.9. The fraction of sp³-hybridized carbons (Fsp3) is 0.421. The first-order chi connectivity index (χ1) is 12.5. The first-order valence-corrected chi connectivity index (χ1v) is 9.71. The lowest BCUT2D eigenvalue weighted by Gasteiger charge is -2.31. The number of halogens is 4. The van der Waals surface area contributed by atoms with E-state index in [4.69, 9.17) is 11.6 Å². The van der Waals surface area contributed by atoms with Crippen molar-refractivity contribution in [2.45, 2.75) is 24.2 Å². The van der Waals surface area contributed by atoms with Crippen LogP contribution in [-0.4, -0.2) is 34.8 Å². The summed E-state index contributed by atoms with van der Waals surface area (Å²) < 4.78 is 29.5. The third-order valence-corrected chi connectivity index (χ3v) is 5.68. The summed E-state index contributed by atoms with van der Waals surface area (Å²) in [7, 11) is 2.03. The number of fused-ring (bicyclic) bond motifs is 1. The number of nitrogens with one attached hydrogen (secondary N) is 1. The number of allylic oxidation sites excluding steroid dienone is 2. The fourth-order valence-corrected chi connectivity index (χ4v) is 5.15. The van der Waals surface area contributed by atoms with E-state index in [1.165, 1.54) is 24.3 Å². The maximum atomic E-state index is 12.6. The van der Waals surface area contributed by atoms with E-state index in [0.717, 1.165) is 12.2 Å². The molecule has 0 saturated carbocycles. The number of carbonyl (C=O) groups excluding carboxylic acids is 1. The van der Waals surface area contributed by atoms with Crippen LogP contribution >= 0.6 is 27.5 Å². The second-order valence-corrected chi connectivity index (χ2v) is 8.98. The molecule has 1 amide bonds. The average Bonchev–Trinajstić information content (AvgIpc) is 2.77. The van der Waals surface area contributed by atoms with Crippen molar-refractivity contribution >= 4 is 39.1 Å². The van der Waals surface area contributed by atoms with Gasteiger partial charge in [0, 0.05) is 52.9 Å². The third-order valence-electron chi connectivity index (χ3n) is 4.81. The standard InChI is InChI=1S/C19H20BrClF2N2O2/c1-18(2)10-25(3)15-9-11(8-14(20)16(15)18)17(26)24-12-4-6-13(7-5-12)27-19(21,22)23/h4-9,14,16H,10H2,1-3H3,(H,24,26). The molecule has 2 aliphatic rings. The van der Waals surface area contributed by atoms with Gasteiger partial charge in [-0.3, -0.25) is 4.79 Å². The first kappa shape index (κ1) is 20.1. The van der Waals surface area contributed by atoms with Gasteiger partial charge in [-0.1, -0.05) is 35.9 Å². The van der Waals surface area contributed by atoms with Crippen molar-refractivity contribution in [3.63, 3.8) is 0 Å². The number of likely N-dealkylation sites (tertiary alicyclic amines) is 1. The van der Waals surface area contributed by atoms with E-state index in [2.05, 4.69) is 44.7 Å². The van der Waals surface area contributed by atoms with Gasteiger partial charge in [0.05, 0.1) is 0 Å². The van der Waals surface area contributed by atoms with Crippen LogP contribution in [0.4, 0.5) is 14.5 Å². The predicted octanol–water partition coefficient (Wildman–Crippen LogP) is 4.97. The molecule has 2 atom stereocenters. The minimum Gasteiger partial charge on any atom is -0.420 e. The van der Waals surface area contributed by atoms with Crippen molar-refractivity contribution < 1.29 is 18.3 Å². The number of alkyl halides is 4. The van der Waals surface area contributed by atoms with Crippen LogP contribution in [0.25, 0.3) is 0 Å². The number of benzene rings is 1. The van der Waals surface area contributed by atoms with Crippen molar-refractivity contribution in [2.24, 2.45) is 11.3 Å². The number of hydrogen-bond donors (Lipinski definition) is 1. The predicted molar refractivity (Wildman–Crippen MR) is 105 cm³/mol. The van der Waals surface area contributed by atoms with Crippen molar-refractivity contribution in [3.8, 4) is 5.75 Å².